The molecule has 0 spiro atoms. The fraction of sp³-hybridized carbons (Fsp3) is 0.222. The van der Waals surface area contributed by atoms with Gasteiger partial charge in [0.05, 0.1) is 11.3 Å². The fourth-order valence-corrected chi connectivity index (χ4v) is 2.54. The van der Waals surface area contributed by atoms with Crippen molar-refractivity contribution in [1.29, 1.82) is 0 Å². The van der Waals surface area contributed by atoms with Crippen LogP contribution in [0.1, 0.15) is 41.3 Å². The standard InChI is InChI=1S/C18H18N2O/c1-12(2)14-4-6-15(7-5-14)17-10-20-9-13(3)8-16(11-21)18(20)19-17/h4-12H,1-3H3. The first-order valence-corrected chi connectivity index (χ1v) is 7.13. The van der Waals surface area contributed by atoms with Gasteiger partial charge in [-0.1, -0.05) is 38.1 Å². The Bertz CT molecular complexity index is 798. The Labute approximate surface area is 124 Å². The molecular formula is C18H18N2O. The van der Waals surface area contributed by atoms with Gasteiger partial charge in [0.25, 0.3) is 0 Å². The van der Waals surface area contributed by atoms with E-state index in [0.29, 0.717) is 17.1 Å². The van der Waals surface area contributed by atoms with E-state index in [4.69, 9.17) is 0 Å². The Balaban J connectivity index is 2.10. The average Bonchev–Trinajstić information content (AvgIpc) is 2.90. The zero-order valence-electron chi connectivity index (χ0n) is 12.5. The molecule has 2 heterocycles. The van der Waals surface area contributed by atoms with Crippen molar-refractivity contribution in [3.05, 3.63) is 59.4 Å². The van der Waals surface area contributed by atoms with Gasteiger partial charge in [-0.3, -0.25) is 4.79 Å². The number of nitrogens with zero attached hydrogens (tertiary/aromatic N) is 2. The van der Waals surface area contributed by atoms with Gasteiger partial charge in [-0.2, -0.15) is 0 Å². The summed E-state index contributed by atoms with van der Waals surface area (Å²) < 4.78 is 1.92. The van der Waals surface area contributed by atoms with Gasteiger partial charge in [-0.25, -0.2) is 4.98 Å². The highest BCUT2D eigenvalue weighted by Crippen LogP contribution is 2.23. The number of carbonyl (C=O) groups is 1. The van der Waals surface area contributed by atoms with Gasteiger partial charge >= 0.3 is 0 Å². The Morgan fingerprint density at radius 2 is 1.86 bits per heavy atom. The maximum Gasteiger partial charge on any atom is 0.153 e. The summed E-state index contributed by atoms with van der Waals surface area (Å²) in [5.41, 5.74) is 5.64. The summed E-state index contributed by atoms with van der Waals surface area (Å²) >= 11 is 0. The zero-order valence-corrected chi connectivity index (χ0v) is 12.5. The van der Waals surface area contributed by atoms with Crippen LogP contribution in [-0.2, 0) is 0 Å². The third kappa shape index (κ3) is 2.47. The lowest BCUT2D eigenvalue weighted by Crippen LogP contribution is -1.91. The molecule has 0 saturated heterocycles. The first-order chi connectivity index (χ1) is 10.1. The van der Waals surface area contributed by atoms with Crippen molar-refractivity contribution in [3.8, 4) is 11.3 Å². The SMILES string of the molecule is Cc1cc(C=O)c2nc(-c3ccc(C(C)C)cc3)cn2c1. The highest BCUT2D eigenvalue weighted by Gasteiger charge is 2.09. The maximum atomic E-state index is 11.2. The van der Waals surface area contributed by atoms with Gasteiger partial charge in [0, 0.05) is 18.0 Å². The second-order valence-electron chi connectivity index (χ2n) is 5.72. The van der Waals surface area contributed by atoms with Gasteiger partial charge < -0.3 is 4.40 Å². The first kappa shape index (κ1) is 13.6. The number of imidazole rings is 1. The lowest BCUT2D eigenvalue weighted by atomic mass is 10.0. The third-order valence-electron chi connectivity index (χ3n) is 3.72. The number of aldehydes is 1. The van der Waals surface area contributed by atoms with Crippen LogP contribution in [0.4, 0.5) is 0 Å². The molecule has 21 heavy (non-hydrogen) atoms. The molecule has 3 aromatic rings. The maximum absolute atomic E-state index is 11.2. The molecule has 0 aliphatic carbocycles. The number of benzene rings is 1. The second-order valence-corrected chi connectivity index (χ2v) is 5.72. The van der Waals surface area contributed by atoms with Gasteiger partial charge in [0.15, 0.2) is 6.29 Å². The largest absolute Gasteiger partial charge is 0.306 e. The topological polar surface area (TPSA) is 34.4 Å². The molecule has 106 valence electrons. The summed E-state index contributed by atoms with van der Waals surface area (Å²) in [6.45, 7) is 6.33. The van der Waals surface area contributed by atoms with Crippen LogP contribution < -0.4 is 0 Å². The number of aryl methyl sites for hydroxylation is 1. The van der Waals surface area contributed by atoms with E-state index in [2.05, 4.69) is 43.1 Å². The van der Waals surface area contributed by atoms with Gasteiger partial charge in [0.1, 0.15) is 5.65 Å². The van der Waals surface area contributed by atoms with Crippen LogP contribution in [0.2, 0.25) is 0 Å². The molecule has 0 bridgehead atoms. The van der Waals surface area contributed by atoms with Crippen molar-refractivity contribution in [2.75, 3.05) is 0 Å². The van der Waals surface area contributed by atoms with Crippen molar-refractivity contribution in [3.63, 3.8) is 0 Å². The van der Waals surface area contributed by atoms with E-state index >= 15 is 0 Å². The van der Waals surface area contributed by atoms with Crippen LogP contribution in [0.3, 0.4) is 0 Å². The Hall–Kier alpha value is -2.42. The van der Waals surface area contributed by atoms with Crippen molar-refractivity contribution in [2.24, 2.45) is 0 Å². The number of carbonyl (C=O) groups excluding carboxylic acids is 1. The molecule has 0 amide bonds. The summed E-state index contributed by atoms with van der Waals surface area (Å²) in [6, 6.07) is 10.3. The van der Waals surface area contributed by atoms with E-state index in [1.165, 1.54) is 5.56 Å². The minimum absolute atomic E-state index is 0.518. The summed E-state index contributed by atoms with van der Waals surface area (Å²) in [5.74, 6) is 0.518. The highest BCUT2D eigenvalue weighted by atomic mass is 16.1. The molecule has 0 unspecified atom stereocenters. The van der Waals surface area contributed by atoms with Gasteiger partial charge in [-0.05, 0) is 30.0 Å². The van der Waals surface area contributed by atoms with E-state index in [-0.39, 0.29) is 0 Å². The number of aromatic nitrogens is 2. The van der Waals surface area contributed by atoms with Crippen molar-refractivity contribution >= 4 is 11.9 Å². The number of rotatable bonds is 3. The molecule has 0 N–H and O–H groups in total. The van der Waals surface area contributed by atoms with Crippen LogP contribution in [0, 0.1) is 6.92 Å². The molecule has 3 nitrogen and oxygen atoms in total. The molecule has 1 aromatic carbocycles. The molecule has 2 aromatic heterocycles. The Morgan fingerprint density at radius 3 is 2.48 bits per heavy atom. The number of hydrogen-bond acceptors (Lipinski definition) is 2. The second kappa shape index (κ2) is 5.17. The summed E-state index contributed by atoms with van der Waals surface area (Å²) in [7, 11) is 0. The predicted molar refractivity (Wildman–Crippen MR) is 84.8 cm³/mol. The van der Waals surface area contributed by atoms with E-state index < -0.39 is 0 Å². The normalized spacial score (nSPS) is 11.2. The number of hydrogen-bond donors (Lipinski definition) is 0. The smallest absolute Gasteiger partial charge is 0.153 e. The lowest BCUT2D eigenvalue weighted by molar-refractivity contribution is 0.112. The molecule has 0 saturated carbocycles. The first-order valence-electron chi connectivity index (χ1n) is 7.13. The fourth-order valence-electron chi connectivity index (χ4n) is 2.54. The molecular weight excluding hydrogens is 260 g/mol. The minimum Gasteiger partial charge on any atom is -0.306 e. The summed E-state index contributed by atoms with van der Waals surface area (Å²) in [5, 5.41) is 0. The van der Waals surface area contributed by atoms with Crippen LogP contribution >= 0.6 is 0 Å². The average molecular weight is 278 g/mol. The van der Waals surface area contributed by atoms with Crippen LogP contribution in [0.5, 0.6) is 0 Å². The van der Waals surface area contributed by atoms with Crippen molar-refractivity contribution in [2.45, 2.75) is 26.7 Å². The highest BCUT2D eigenvalue weighted by molar-refractivity contribution is 5.85. The molecule has 0 fully saturated rings. The monoisotopic (exact) mass is 278 g/mol. The molecule has 0 radical (unpaired) electrons. The summed E-state index contributed by atoms with van der Waals surface area (Å²) in [4.78, 5) is 15.8. The van der Waals surface area contributed by atoms with Gasteiger partial charge in [-0.15, -0.1) is 0 Å². The molecule has 3 rings (SSSR count). The van der Waals surface area contributed by atoms with Crippen LogP contribution in [-0.4, -0.2) is 15.7 Å². The van der Waals surface area contributed by atoms with E-state index in [9.17, 15) is 4.79 Å². The van der Waals surface area contributed by atoms with Crippen molar-refractivity contribution in [1.82, 2.24) is 9.38 Å². The summed E-state index contributed by atoms with van der Waals surface area (Å²) in [6.07, 6.45) is 4.82. The number of pyridine rings is 1. The van der Waals surface area contributed by atoms with Crippen LogP contribution in [0.15, 0.2) is 42.7 Å². The van der Waals surface area contributed by atoms with E-state index in [1.54, 1.807) is 0 Å². The van der Waals surface area contributed by atoms with Crippen molar-refractivity contribution < 1.29 is 4.79 Å². The van der Waals surface area contributed by atoms with E-state index in [0.717, 1.165) is 23.1 Å². The lowest BCUT2D eigenvalue weighted by Gasteiger charge is -2.05. The number of fused-ring (bicyclic) bond motifs is 1. The van der Waals surface area contributed by atoms with Gasteiger partial charge in [0.2, 0.25) is 0 Å². The van der Waals surface area contributed by atoms with Crippen LogP contribution in [0.25, 0.3) is 16.9 Å². The predicted octanol–water partition coefficient (Wildman–Crippen LogP) is 4.25. The van der Waals surface area contributed by atoms with E-state index in [1.807, 2.05) is 29.8 Å². The quantitative estimate of drug-likeness (QED) is 0.671. The molecule has 0 aliphatic rings. The Morgan fingerprint density at radius 1 is 1.14 bits per heavy atom. The molecule has 3 heteroatoms. The molecule has 0 atom stereocenters. The molecule has 0 aliphatic heterocycles. The minimum atomic E-state index is 0.518. The zero-order chi connectivity index (χ0) is 15.0. The Kier molecular flexibility index (Phi) is 3.34. The third-order valence-corrected chi connectivity index (χ3v) is 3.72.